The summed E-state index contributed by atoms with van der Waals surface area (Å²) in [7, 11) is 1.15. The van der Waals surface area contributed by atoms with Crippen LogP contribution in [0.15, 0.2) is 85.1 Å². The van der Waals surface area contributed by atoms with E-state index in [-0.39, 0.29) is 24.9 Å². The van der Waals surface area contributed by atoms with Crippen LogP contribution in [-0.2, 0) is 27.9 Å². The third-order valence-electron chi connectivity index (χ3n) is 12.3. The van der Waals surface area contributed by atoms with Crippen molar-refractivity contribution in [2.24, 2.45) is 0 Å². The number of quaternary nitrogens is 1. The monoisotopic (exact) mass is 999 g/mol. The Morgan fingerprint density at radius 1 is 0.514 bits per heavy atom. The number of unbranched alkanes of at least 4 members (excludes halogenated alkanes) is 27. The van der Waals surface area contributed by atoms with E-state index in [0.29, 0.717) is 23.9 Å². The lowest BCUT2D eigenvalue weighted by molar-refractivity contribution is -0.870. The van der Waals surface area contributed by atoms with Gasteiger partial charge in [0.15, 0.2) is 0 Å². The van der Waals surface area contributed by atoms with E-state index < -0.39 is 26.6 Å². The average molecular weight is 999 g/mol. The fourth-order valence-corrected chi connectivity index (χ4v) is 8.57. The Kier molecular flexibility index (Phi) is 47.8. The SMILES string of the molecule is CC\C=C/C=C/C=C/C=C\C=C\C=C\CCCCCC(=O)OC(/C=C/CCCCCCCCCCCC)C(COP(=O)([O-])OCC[N+](C)(C)C)NC(=O)CCCCCCCCCCCCCCCCC. The predicted molar refractivity (Wildman–Crippen MR) is 298 cm³/mol. The van der Waals surface area contributed by atoms with Crippen molar-refractivity contribution in [1.29, 1.82) is 0 Å². The molecule has 0 spiro atoms. The predicted octanol–water partition coefficient (Wildman–Crippen LogP) is 16.4. The topological polar surface area (TPSA) is 114 Å². The summed E-state index contributed by atoms with van der Waals surface area (Å²) in [5.74, 6) is -0.592. The minimum absolute atomic E-state index is 0.0324. The number of rotatable bonds is 50. The second-order valence-corrected chi connectivity index (χ2v) is 21.6. The maximum atomic E-state index is 13.5. The summed E-state index contributed by atoms with van der Waals surface area (Å²) in [5.41, 5.74) is 0. The molecular weight excluding hydrogens is 892 g/mol. The number of carbonyl (C=O) groups is 2. The quantitative estimate of drug-likeness (QED) is 0.0161. The number of ether oxygens (including phenoxy) is 1. The van der Waals surface area contributed by atoms with E-state index >= 15 is 0 Å². The van der Waals surface area contributed by atoms with E-state index in [1.165, 1.54) is 128 Å². The molecule has 1 amide bonds. The number of nitrogens with one attached hydrogen (secondary N) is 1. The van der Waals surface area contributed by atoms with Gasteiger partial charge in [0.2, 0.25) is 5.91 Å². The maximum Gasteiger partial charge on any atom is 0.306 e. The summed E-state index contributed by atoms with van der Waals surface area (Å²) in [6.45, 7) is 6.66. The molecule has 0 radical (unpaired) electrons. The highest BCUT2D eigenvalue weighted by Crippen LogP contribution is 2.38. The van der Waals surface area contributed by atoms with Gasteiger partial charge in [0.05, 0.1) is 33.8 Å². The lowest BCUT2D eigenvalue weighted by Gasteiger charge is -2.30. The molecular formula is C60H107N2O7P. The Hall–Kier alpha value is -2.81. The number of esters is 1. The number of amides is 1. The summed E-state index contributed by atoms with van der Waals surface area (Å²) < 4.78 is 30.2. The second kappa shape index (κ2) is 49.8. The number of hydrogen-bond acceptors (Lipinski definition) is 7. The van der Waals surface area contributed by atoms with Crippen LogP contribution in [0.5, 0.6) is 0 Å². The van der Waals surface area contributed by atoms with E-state index in [0.717, 1.165) is 64.2 Å². The van der Waals surface area contributed by atoms with Crippen LogP contribution in [0.1, 0.15) is 233 Å². The average Bonchev–Trinajstić information content (AvgIpc) is 3.32. The summed E-state index contributed by atoms with van der Waals surface area (Å²) in [6, 6.07) is -0.908. The molecule has 10 heteroatoms. The molecule has 0 heterocycles. The van der Waals surface area contributed by atoms with Crippen molar-refractivity contribution in [3.8, 4) is 0 Å². The van der Waals surface area contributed by atoms with Gasteiger partial charge in [-0.05, 0) is 51.0 Å². The number of carbonyl (C=O) groups excluding carboxylic acids is 2. The number of phosphoric acid groups is 1. The highest BCUT2D eigenvalue weighted by Gasteiger charge is 2.27. The van der Waals surface area contributed by atoms with Gasteiger partial charge in [0, 0.05) is 12.8 Å². The van der Waals surface area contributed by atoms with Gasteiger partial charge in [0.1, 0.15) is 19.3 Å². The maximum absolute atomic E-state index is 13.5. The van der Waals surface area contributed by atoms with Crippen LogP contribution < -0.4 is 10.2 Å². The Balaban J connectivity index is 5.45. The van der Waals surface area contributed by atoms with Crippen molar-refractivity contribution in [3.05, 3.63) is 85.1 Å². The van der Waals surface area contributed by atoms with Crippen LogP contribution in [0.25, 0.3) is 0 Å². The molecule has 3 atom stereocenters. The minimum atomic E-state index is -4.71. The standard InChI is InChI=1S/C60H107N2O7P/c1-7-10-13-16-19-22-25-28-30-31-33-35-38-41-44-47-50-53-60(64)69-58(51-48-45-42-39-36-27-24-21-18-15-12-9-3)57(56-68-70(65,66)67-55-54-62(4,5)6)61-59(63)52-49-46-43-40-37-34-32-29-26-23-20-17-14-11-8-2/h10,13,16,19,22,25,28,30-31,33,35,38,48,51,57-58H,7-9,11-12,14-15,17-18,20-21,23-24,26-27,29,32,34,36-37,39-47,49-50,52-56H2,1-6H3,(H-,61,63,65,66)/b13-10-,19-16+,25-22+,30-28-,33-31+,38-35+,51-48+. The Labute approximate surface area is 431 Å². The smallest absolute Gasteiger partial charge is 0.306 e. The third-order valence-corrected chi connectivity index (χ3v) is 13.2. The molecule has 0 aromatic rings. The van der Waals surface area contributed by atoms with Gasteiger partial charge < -0.3 is 28.5 Å². The van der Waals surface area contributed by atoms with Gasteiger partial charge in [-0.25, -0.2) is 0 Å². The zero-order chi connectivity index (χ0) is 51.5. The molecule has 0 aliphatic carbocycles. The minimum Gasteiger partial charge on any atom is -0.756 e. The zero-order valence-electron chi connectivity index (χ0n) is 45.9. The van der Waals surface area contributed by atoms with E-state index in [1.54, 1.807) is 0 Å². The Bertz CT molecular complexity index is 1480. The first-order valence-corrected chi connectivity index (χ1v) is 29.9. The van der Waals surface area contributed by atoms with Gasteiger partial charge in [-0.3, -0.25) is 14.2 Å². The molecule has 0 aromatic heterocycles. The summed E-state index contributed by atoms with van der Waals surface area (Å²) in [4.78, 5) is 39.8. The van der Waals surface area contributed by atoms with E-state index in [4.69, 9.17) is 13.8 Å². The first kappa shape index (κ1) is 67.2. The van der Waals surface area contributed by atoms with Gasteiger partial charge in [-0.1, -0.05) is 254 Å². The van der Waals surface area contributed by atoms with Gasteiger partial charge in [0.25, 0.3) is 7.82 Å². The van der Waals surface area contributed by atoms with Crippen molar-refractivity contribution in [2.45, 2.75) is 245 Å². The van der Waals surface area contributed by atoms with Gasteiger partial charge in [-0.2, -0.15) is 0 Å². The molecule has 0 rings (SSSR count). The normalized spacial score (nSPS) is 14.4. The molecule has 404 valence electrons. The highest BCUT2D eigenvalue weighted by molar-refractivity contribution is 7.45. The molecule has 9 nitrogen and oxygen atoms in total. The highest BCUT2D eigenvalue weighted by atomic mass is 31.2. The lowest BCUT2D eigenvalue weighted by atomic mass is 10.0. The summed E-state index contributed by atoms with van der Waals surface area (Å²) in [6.07, 6.45) is 64.0. The molecule has 70 heavy (non-hydrogen) atoms. The van der Waals surface area contributed by atoms with Crippen molar-refractivity contribution in [2.75, 3.05) is 40.9 Å². The number of phosphoric ester groups is 1. The summed E-state index contributed by atoms with van der Waals surface area (Å²) in [5, 5.41) is 3.01. The van der Waals surface area contributed by atoms with E-state index in [2.05, 4.69) is 38.2 Å². The molecule has 1 N–H and O–H groups in total. The first-order valence-electron chi connectivity index (χ1n) is 28.5. The van der Waals surface area contributed by atoms with Crippen molar-refractivity contribution in [3.63, 3.8) is 0 Å². The van der Waals surface area contributed by atoms with Crippen LogP contribution >= 0.6 is 7.82 Å². The largest absolute Gasteiger partial charge is 0.756 e. The van der Waals surface area contributed by atoms with E-state index in [9.17, 15) is 19.0 Å². The molecule has 0 aliphatic heterocycles. The number of allylic oxidation sites excluding steroid dienone is 13. The zero-order valence-corrected chi connectivity index (χ0v) is 46.8. The van der Waals surface area contributed by atoms with Crippen molar-refractivity contribution in [1.82, 2.24) is 5.32 Å². The summed E-state index contributed by atoms with van der Waals surface area (Å²) >= 11 is 0. The molecule has 3 unspecified atom stereocenters. The fraction of sp³-hybridized carbons (Fsp3) is 0.733. The number of nitrogens with zero attached hydrogens (tertiary/aromatic N) is 1. The Morgan fingerprint density at radius 3 is 1.39 bits per heavy atom. The van der Waals surface area contributed by atoms with Gasteiger partial charge >= 0.3 is 5.97 Å². The first-order chi connectivity index (χ1) is 33.9. The molecule has 0 fully saturated rings. The molecule has 0 bridgehead atoms. The molecule has 0 saturated heterocycles. The van der Waals surface area contributed by atoms with Crippen LogP contribution in [0.4, 0.5) is 0 Å². The lowest BCUT2D eigenvalue weighted by Crippen LogP contribution is -2.47. The Morgan fingerprint density at radius 2 is 0.914 bits per heavy atom. The van der Waals surface area contributed by atoms with E-state index in [1.807, 2.05) is 94.1 Å². The molecule has 0 aliphatic rings. The van der Waals surface area contributed by atoms with Gasteiger partial charge in [-0.15, -0.1) is 0 Å². The second-order valence-electron chi connectivity index (χ2n) is 20.2. The van der Waals surface area contributed by atoms with Crippen LogP contribution in [0.2, 0.25) is 0 Å². The van der Waals surface area contributed by atoms with Crippen molar-refractivity contribution >= 4 is 19.7 Å². The molecule has 0 aromatic carbocycles. The van der Waals surface area contributed by atoms with Crippen LogP contribution in [0.3, 0.4) is 0 Å². The van der Waals surface area contributed by atoms with Crippen molar-refractivity contribution < 1.29 is 37.3 Å². The van der Waals surface area contributed by atoms with Crippen LogP contribution in [-0.4, -0.2) is 69.4 Å². The fourth-order valence-electron chi connectivity index (χ4n) is 7.85. The number of likely N-dealkylation sites (N-methyl/N-ethyl adjacent to an activating group) is 1. The third kappa shape index (κ3) is 50.1. The molecule has 0 saturated carbocycles. The number of hydrogen-bond donors (Lipinski definition) is 1. The van der Waals surface area contributed by atoms with Crippen LogP contribution in [0, 0.1) is 0 Å².